The van der Waals surface area contributed by atoms with Gasteiger partial charge in [0, 0.05) is 32.1 Å². The van der Waals surface area contributed by atoms with Crippen LogP contribution >= 0.6 is 0 Å². The van der Waals surface area contributed by atoms with Crippen molar-refractivity contribution in [2.24, 2.45) is 11.0 Å². The summed E-state index contributed by atoms with van der Waals surface area (Å²) in [5.41, 5.74) is 0.984. The second-order valence-electron chi connectivity index (χ2n) is 8.48. The minimum Gasteiger partial charge on any atom is -0.480 e. The number of hydrazone groups is 1. The second kappa shape index (κ2) is 8.95. The number of carboxylic acid groups (broad SMARTS) is 1. The molecular formula is C22H30N4O3. The van der Waals surface area contributed by atoms with E-state index in [1.165, 1.54) is 37.2 Å². The highest BCUT2D eigenvalue weighted by Gasteiger charge is 2.36. The molecule has 1 aromatic rings. The molecule has 0 radical (unpaired) electrons. The molecule has 3 aliphatic rings. The van der Waals surface area contributed by atoms with Gasteiger partial charge in [-0.2, -0.15) is 5.10 Å². The smallest absolute Gasteiger partial charge is 0.328 e. The molecular weight excluding hydrogens is 368 g/mol. The van der Waals surface area contributed by atoms with Crippen LogP contribution in [0.4, 0.5) is 5.69 Å². The molecule has 2 aliphatic heterocycles. The number of para-hydroxylation sites is 1. The molecule has 0 aromatic heterocycles. The average Bonchev–Trinajstić information content (AvgIpc) is 3.40. The van der Waals surface area contributed by atoms with E-state index in [-0.39, 0.29) is 18.4 Å². The van der Waals surface area contributed by atoms with Gasteiger partial charge < -0.3 is 15.3 Å². The third kappa shape index (κ3) is 4.78. The highest BCUT2D eigenvalue weighted by atomic mass is 16.4. The Morgan fingerprint density at radius 3 is 2.41 bits per heavy atom. The van der Waals surface area contributed by atoms with Gasteiger partial charge >= 0.3 is 5.97 Å². The van der Waals surface area contributed by atoms with Crippen molar-refractivity contribution in [2.75, 3.05) is 24.6 Å². The molecule has 1 atom stereocenters. The fraction of sp³-hybridized carbons (Fsp3) is 0.591. The molecule has 1 unspecified atom stereocenters. The van der Waals surface area contributed by atoms with Crippen molar-refractivity contribution < 1.29 is 14.7 Å². The van der Waals surface area contributed by atoms with Gasteiger partial charge in [0.1, 0.15) is 5.71 Å². The van der Waals surface area contributed by atoms with Crippen LogP contribution in [0.3, 0.4) is 0 Å². The number of carbonyl (C=O) groups excluding carboxylic acids is 1. The molecule has 7 heteroatoms. The molecule has 7 nitrogen and oxygen atoms in total. The van der Waals surface area contributed by atoms with E-state index >= 15 is 0 Å². The maximum Gasteiger partial charge on any atom is 0.328 e. The molecule has 1 amide bonds. The van der Waals surface area contributed by atoms with Crippen LogP contribution in [0, 0.1) is 5.92 Å². The van der Waals surface area contributed by atoms with Crippen LogP contribution in [0.2, 0.25) is 0 Å². The summed E-state index contributed by atoms with van der Waals surface area (Å²) in [7, 11) is 0. The Morgan fingerprint density at radius 1 is 1.07 bits per heavy atom. The monoisotopic (exact) mass is 398 g/mol. The number of likely N-dealkylation sites (tertiary alicyclic amines) is 1. The fourth-order valence-corrected chi connectivity index (χ4v) is 4.75. The first kappa shape index (κ1) is 19.9. The molecule has 0 bridgehead atoms. The third-order valence-electron chi connectivity index (χ3n) is 6.39. The van der Waals surface area contributed by atoms with Gasteiger partial charge in [-0.3, -0.25) is 9.80 Å². The van der Waals surface area contributed by atoms with Crippen molar-refractivity contribution in [3.05, 3.63) is 30.3 Å². The van der Waals surface area contributed by atoms with E-state index in [0.29, 0.717) is 11.4 Å². The molecule has 1 aliphatic carbocycles. The van der Waals surface area contributed by atoms with E-state index in [0.717, 1.165) is 31.8 Å². The summed E-state index contributed by atoms with van der Waals surface area (Å²) in [4.78, 5) is 26.9. The predicted molar refractivity (Wildman–Crippen MR) is 112 cm³/mol. The van der Waals surface area contributed by atoms with Crippen LogP contribution in [-0.4, -0.2) is 59.3 Å². The molecule has 4 rings (SSSR count). The Labute approximate surface area is 171 Å². The summed E-state index contributed by atoms with van der Waals surface area (Å²) in [6.45, 7) is 3.23. The number of nitrogens with zero attached hydrogens (tertiary/aromatic N) is 3. The fourth-order valence-electron chi connectivity index (χ4n) is 4.75. The number of piperidine rings is 1. The summed E-state index contributed by atoms with van der Waals surface area (Å²) >= 11 is 0. The lowest BCUT2D eigenvalue weighted by Crippen LogP contribution is -2.47. The van der Waals surface area contributed by atoms with Gasteiger partial charge in [0.2, 0.25) is 0 Å². The lowest BCUT2D eigenvalue weighted by atomic mass is 10.0. The van der Waals surface area contributed by atoms with Crippen LogP contribution in [0.1, 0.15) is 44.9 Å². The van der Waals surface area contributed by atoms with Crippen molar-refractivity contribution in [1.82, 2.24) is 10.2 Å². The summed E-state index contributed by atoms with van der Waals surface area (Å²) < 4.78 is 0. The number of hydrogen-bond acceptors (Lipinski definition) is 5. The lowest BCUT2D eigenvalue weighted by Gasteiger charge is -2.33. The minimum atomic E-state index is -0.972. The summed E-state index contributed by atoms with van der Waals surface area (Å²) in [5, 5.41) is 18.5. The van der Waals surface area contributed by atoms with Crippen molar-refractivity contribution >= 4 is 23.3 Å². The standard InChI is InChI=1S/C22H30N4O3/c27-21(23-17-10-12-25(13-11-17)15-16-6-4-5-7-16)19-14-20(22(28)29)26(24-19)18-8-2-1-3-9-18/h1-3,8-9,16-17,20H,4-7,10-15H2,(H,23,27)(H,28,29). The Balaban J connectivity index is 1.32. The zero-order valence-corrected chi connectivity index (χ0v) is 16.8. The van der Waals surface area contributed by atoms with E-state index in [2.05, 4.69) is 15.3 Å². The first-order valence-corrected chi connectivity index (χ1v) is 10.8. The topological polar surface area (TPSA) is 85.2 Å². The number of carboxylic acids is 1. The lowest BCUT2D eigenvalue weighted by molar-refractivity contribution is -0.138. The molecule has 2 heterocycles. The second-order valence-corrected chi connectivity index (χ2v) is 8.48. The van der Waals surface area contributed by atoms with Crippen molar-refractivity contribution in [2.45, 2.75) is 57.0 Å². The molecule has 0 spiro atoms. The zero-order valence-electron chi connectivity index (χ0n) is 16.8. The number of amides is 1. The number of rotatable bonds is 6. The molecule has 2 fully saturated rings. The first-order valence-electron chi connectivity index (χ1n) is 10.8. The minimum absolute atomic E-state index is 0.122. The van der Waals surface area contributed by atoms with Crippen LogP contribution < -0.4 is 10.3 Å². The largest absolute Gasteiger partial charge is 0.480 e. The van der Waals surface area contributed by atoms with Crippen molar-refractivity contribution in [3.8, 4) is 0 Å². The van der Waals surface area contributed by atoms with Gasteiger partial charge in [-0.1, -0.05) is 31.0 Å². The van der Waals surface area contributed by atoms with Gasteiger partial charge in [0.25, 0.3) is 5.91 Å². The van der Waals surface area contributed by atoms with Crippen LogP contribution in [0.25, 0.3) is 0 Å². The van der Waals surface area contributed by atoms with Crippen LogP contribution in [0.5, 0.6) is 0 Å². The Kier molecular flexibility index (Phi) is 6.13. The van der Waals surface area contributed by atoms with E-state index in [1.54, 1.807) is 12.1 Å². The Bertz CT molecular complexity index is 753. The third-order valence-corrected chi connectivity index (χ3v) is 6.39. The van der Waals surface area contributed by atoms with Gasteiger partial charge in [0.05, 0.1) is 5.69 Å². The van der Waals surface area contributed by atoms with E-state index in [4.69, 9.17) is 0 Å². The van der Waals surface area contributed by atoms with E-state index in [1.807, 2.05) is 18.2 Å². The molecule has 1 saturated carbocycles. The van der Waals surface area contributed by atoms with Gasteiger partial charge in [-0.05, 0) is 43.7 Å². The molecule has 29 heavy (non-hydrogen) atoms. The molecule has 156 valence electrons. The SMILES string of the molecule is O=C(NC1CCN(CC2CCCC2)CC1)C1=NN(c2ccccc2)C(C(=O)O)C1. The first-order chi connectivity index (χ1) is 14.1. The highest BCUT2D eigenvalue weighted by molar-refractivity contribution is 6.40. The zero-order chi connectivity index (χ0) is 20.2. The maximum absolute atomic E-state index is 12.7. The van der Waals surface area contributed by atoms with Gasteiger partial charge in [0.15, 0.2) is 6.04 Å². The summed E-state index contributed by atoms with van der Waals surface area (Å²) in [6.07, 6.45) is 7.47. The maximum atomic E-state index is 12.7. The van der Waals surface area contributed by atoms with Crippen LogP contribution in [0.15, 0.2) is 35.4 Å². The van der Waals surface area contributed by atoms with E-state index in [9.17, 15) is 14.7 Å². The summed E-state index contributed by atoms with van der Waals surface area (Å²) in [5.74, 6) is -0.351. The summed E-state index contributed by atoms with van der Waals surface area (Å²) in [6, 6.07) is 8.44. The number of anilines is 1. The Hall–Kier alpha value is -2.41. The number of nitrogens with one attached hydrogen (secondary N) is 1. The average molecular weight is 399 g/mol. The van der Waals surface area contributed by atoms with Crippen molar-refractivity contribution in [1.29, 1.82) is 0 Å². The molecule has 2 N–H and O–H groups in total. The Morgan fingerprint density at radius 2 is 1.76 bits per heavy atom. The molecule has 1 aromatic carbocycles. The van der Waals surface area contributed by atoms with Crippen molar-refractivity contribution in [3.63, 3.8) is 0 Å². The highest BCUT2D eigenvalue weighted by Crippen LogP contribution is 2.27. The normalized spacial score (nSPS) is 23.9. The molecule has 1 saturated heterocycles. The quantitative estimate of drug-likeness (QED) is 0.769. The number of benzene rings is 1. The predicted octanol–water partition coefficient (Wildman–Crippen LogP) is 2.48. The van der Waals surface area contributed by atoms with Crippen LogP contribution in [-0.2, 0) is 9.59 Å². The van der Waals surface area contributed by atoms with E-state index < -0.39 is 12.0 Å². The number of hydrogen-bond donors (Lipinski definition) is 2. The number of carbonyl (C=O) groups is 2. The van der Waals surface area contributed by atoms with Gasteiger partial charge in [-0.15, -0.1) is 0 Å². The van der Waals surface area contributed by atoms with Gasteiger partial charge in [-0.25, -0.2) is 4.79 Å². The number of aliphatic carboxylic acids is 1.